The van der Waals surface area contributed by atoms with Gasteiger partial charge in [0.25, 0.3) is 0 Å². The van der Waals surface area contributed by atoms with Gasteiger partial charge in [0.2, 0.25) is 5.95 Å². The van der Waals surface area contributed by atoms with E-state index in [1.807, 2.05) is 24.3 Å². The normalized spacial score (nSPS) is 10.3. The van der Waals surface area contributed by atoms with Crippen molar-refractivity contribution >= 4 is 11.8 Å². The van der Waals surface area contributed by atoms with Gasteiger partial charge >= 0.3 is 0 Å². The zero-order valence-electron chi connectivity index (χ0n) is 14.6. The smallest absolute Gasteiger partial charge is 0.224 e. The van der Waals surface area contributed by atoms with E-state index in [-0.39, 0.29) is 0 Å². The molecule has 0 aliphatic rings. The number of nitrogens with zero attached hydrogens (tertiary/aromatic N) is 2. The van der Waals surface area contributed by atoms with E-state index in [1.54, 1.807) is 20.4 Å². The first-order chi connectivity index (χ1) is 11.8. The van der Waals surface area contributed by atoms with Crippen molar-refractivity contribution in [1.82, 2.24) is 9.97 Å². The summed E-state index contributed by atoms with van der Waals surface area (Å²) in [6.45, 7) is 3.84. The van der Waals surface area contributed by atoms with Crippen molar-refractivity contribution in [3.63, 3.8) is 0 Å². The summed E-state index contributed by atoms with van der Waals surface area (Å²) in [5.41, 5.74) is 1.16. The Hall–Kier alpha value is -2.50. The minimum atomic E-state index is 0.636. The molecule has 0 aliphatic heterocycles. The lowest BCUT2D eigenvalue weighted by Gasteiger charge is -2.10. The van der Waals surface area contributed by atoms with Crippen molar-refractivity contribution in [2.24, 2.45) is 0 Å². The number of nitrogens with one attached hydrogen (secondary N) is 2. The molecule has 0 unspecified atom stereocenters. The van der Waals surface area contributed by atoms with E-state index in [4.69, 9.17) is 9.47 Å². The van der Waals surface area contributed by atoms with E-state index in [1.165, 1.54) is 0 Å². The highest BCUT2D eigenvalue weighted by Gasteiger charge is 2.05. The second-order valence-corrected chi connectivity index (χ2v) is 5.41. The molecular weight excluding hydrogens is 304 g/mol. The summed E-state index contributed by atoms with van der Waals surface area (Å²) in [4.78, 5) is 8.71. The van der Waals surface area contributed by atoms with Crippen LogP contribution in [0, 0.1) is 0 Å². The minimum absolute atomic E-state index is 0.636. The van der Waals surface area contributed by atoms with Crippen LogP contribution in [0.25, 0.3) is 0 Å². The maximum atomic E-state index is 5.33. The zero-order valence-corrected chi connectivity index (χ0v) is 14.6. The zero-order chi connectivity index (χ0) is 17.2. The van der Waals surface area contributed by atoms with Gasteiger partial charge in [-0.25, -0.2) is 4.98 Å². The molecule has 0 amide bonds. The molecule has 0 fully saturated rings. The number of hydrogen-bond donors (Lipinski definition) is 2. The standard InChI is InChI=1S/C18H26N4O2/c1-4-5-10-19-17-9-12-21-18(22-17)20-11-8-14-6-7-15(23-2)16(13-14)24-3/h6-7,9,12-13H,4-5,8,10-11H2,1-3H3,(H2,19,20,21,22). The second-order valence-electron chi connectivity index (χ2n) is 5.41. The molecule has 2 N–H and O–H groups in total. The highest BCUT2D eigenvalue weighted by atomic mass is 16.5. The fourth-order valence-electron chi connectivity index (χ4n) is 2.29. The molecule has 0 radical (unpaired) electrons. The predicted molar refractivity (Wildman–Crippen MR) is 97.2 cm³/mol. The summed E-state index contributed by atoms with van der Waals surface area (Å²) < 4.78 is 10.6. The third-order valence-electron chi connectivity index (χ3n) is 3.64. The number of methoxy groups -OCH3 is 2. The summed E-state index contributed by atoms with van der Waals surface area (Å²) >= 11 is 0. The van der Waals surface area contributed by atoms with Gasteiger partial charge in [-0.15, -0.1) is 0 Å². The van der Waals surface area contributed by atoms with Crippen molar-refractivity contribution < 1.29 is 9.47 Å². The van der Waals surface area contributed by atoms with E-state index in [0.29, 0.717) is 5.95 Å². The third-order valence-corrected chi connectivity index (χ3v) is 3.64. The van der Waals surface area contributed by atoms with Gasteiger partial charge in [0, 0.05) is 19.3 Å². The van der Waals surface area contributed by atoms with Gasteiger partial charge in [-0.05, 0) is 36.6 Å². The van der Waals surface area contributed by atoms with Gasteiger partial charge in [0.1, 0.15) is 5.82 Å². The van der Waals surface area contributed by atoms with Gasteiger partial charge in [0.15, 0.2) is 11.5 Å². The Bertz CT molecular complexity index is 634. The molecule has 2 aromatic rings. The summed E-state index contributed by atoms with van der Waals surface area (Å²) in [7, 11) is 3.28. The highest BCUT2D eigenvalue weighted by molar-refractivity contribution is 5.43. The van der Waals surface area contributed by atoms with E-state index in [0.717, 1.165) is 55.2 Å². The fourth-order valence-corrected chi connectivity index (χ4v) is 2.29. The number of ether oxygens (including phenoxy) is 2. The summed E-state index contributed by atoms with van der Waals surface area (Å²) in [6.07, 6.45) is 4.90. The first kappa shape index (κ1) is 17.8. The number of unbranched alkanes of at least 4 members (excludes halogenated alkanes) is 1. The van der Waals surface area contributed by atoms with Gasteiger partial charge in [0.05, 0.1) is 14.2 Å². The molecule has 1 heterocycles. The van der Waals surface area contributed by atoms with E-state index in [9.17, 15) is 0 Å². The van der Waals surface area contributed by atoms with E-state index < -0.39 is 0 Å². The number of rotatable bonds is 10. The Labute approximate surface area is 143 Å². The first-order valence-corrected chi connectivity index (χ1v) is 8.28. The summed E-state index contributed by atoms with van der Waals surface area (Å²) in [5.74, 6) is 2.97. The van der Waals surface area contributed by atoms with Gasteiger partial charge in [-0.1, -0.05) is 19.4 Å². The van der Waals surface area contributed by atoms with Crippen LogP contribution in [0.2, 0.25) is 0 Å². The summed E-state index contributed by atoms with van der Waals surface area (Å²) in [5, 5.41) is 6.56. The van der Waals surface area contributed by atoms with Crippen LogP contribution >= 0.6 is 0 Å². The lowest BCUT2D eigenvalue weighted by atomic mass is 10.1. The Morgan fingerprint density at radius 3 is 2.58 bits per heavy atom. The van der Waals surface area contributed by atoms with Crippen LogP contribution in [-0.4, -0.2) is 37.3 Å². The number of hydrogen-bond acceptors (Lipinski definition) is 6. The molecule has 0 saturated carbocycles. The molecule has 6 heteroatoms. The van der Waals surface area contributed by atoms with Crippen LogP contribution in [0.15, 0.2) is 30.5 Å². The topological polar surface area (TPSA) is 68.3 Å². The molecule has 1 aromatic heterocycles. The van der Waals surface area contributed by atoms with Crippen molar-refractivity contribution in [3.8, 4) is 11.5 Å². The Morgan fingerprint density at radius 2 is 1.83 bits per heavy atom. The SMILES string of the molecule is CCCCNc1ccnc(NCCc2ccc(OC)c(OC)c2)n1. The van der Waals surface area contributed by atoms with Crippen LogP contribution in [0.5, 0.6) is 11.5 Å². The van der Waals surface area contributed by atoms with Gasteiger partial charge in [-0.2, -0.15) is 4.98 Å². The molecular formula is C18H26N4O2. The molecule has 0 atom stereocenters. The maximum Gasteiger partial charge on any atom is 0.224 e. The molecule has 0 aliphatic carbocycles. The molecule has 24 heavy (non-hydrogen) atoms. The quantitative estimate of drug-likeness (QED) is 0.651. The van der Waals surface area contributed by atoms with Gasteiger partial charge in [-0.3, -0.25) is 0 Å². The van der Waals surface area contributed by atoms with Crippen molar-refractivity contribution in [1.29, 1.82) is 0 Å². The molecule has 1 aromatic carbocycles. The predicted octanol–water partition coefficient (Wildman–Crippen LogP) is 3.36. The third kappa shape index (κ3) is 5.30. The van der Waals surface area contributed by atoms with Crippen molar-refractivity contribution in [2.45, 2.75) is 26.2 Å². The van der Waals surface area contributed by atoms with Crippen LogP contribution in [0.4, 0.5) is 11.8 Å². The van der Waals surface area contributed by atoms with Crippen LogP contribution in [-0.2, 0) is 6.42 Å². The monoisotopic (exact) mass is 330 g/mol. The van der Waals surface area contributed by atoms with E-state index in [2.05, 4.69) is 27.5 Å². The average Bonchev–Trinajstić information content (AvgIpc) is 2.62. The van der Waals surface area contributed by atoms with Crippen molar-refractivity contribution in [3.05, 3.63) is 36.0 Å². The van der Waals surface area contributed by atoms with Crippen LogP contribution in [0.3, 0.4) is 0 Å². The van der Waals surface area contributed by atoms with Crippen LogP contribution in [0.1, 0.15) is 25.3 Å². The summed E-state index contributed by atoms with van der Waals surface area (Å²) in [6, 6.07) is 7.83. The molecule has 0 saturated heterocycles. The lowest BCUT2D eigenvalue weighted by Crippen LogP contribution is -2.10. The van der Waals surface area contributed by atoms with E-state index >= 15 is 0 Å². The molecule has 130 valence electrons. The number of anilines is 2. The van der Waals surface area contributed by atoms with Crippen molar-refractivity contribution in [2.75, 3.05) is 37.9 Å². The van der Waals surface area contributed by atoms with Crippen LogP contribution < -0.4 is 20.1 Å². The molecule has 0 bridgehead atoms. The first-order valence-electron chi connectivity index (χ1n) is 8.28. The maximum absolute atomic E-state index is 5.33. The Balaban J connectivity index is 1.86. The fraction of sp³-hybridized carbons (Fsp3) is 0.444. The molecule has 0 spiro atoms. The average molecular weight is 330 g/mol. The highest BCUT2D eigenvalue weighted by Crippen LogP contribution is 2.27. The minimum Gasteiger partial charge on any atom is -0.493 e. The number of benzene rings is 1. The Morgan fingerprint density at radius 1 is 1.00 bits per heavy atom. The second kappa shape index (κ2) is 9.60. The number of aromatic nitrogens is 2. The van der Waals surface area contributed by atoms with Gasteiger partial charge < -0.3 is 20.1 Å². The molecule has 6 nitrogen and oxygen atoms in total. The Kier molecular flexibility index (Phi) is 7.14. The molecule has 2 rings (SSSR count). The lowest BCUT2D eigenvalue weighted by molar-refractivity contribution is 0.354. The largest absolute Gasteiger partial charge is 0.493 e.